The Morgan fingerprint density at radius 1 is 1.14 bits per heavy atom. The van der Waals surface area contributed by atoms with Crippen LogP contribution in [0.5, 0.6) is 5.75 Å². The van der Waals surface area contributed by atoms with Gasteiger partial charge in [0.1, 0.15) is 17.1 Å². The summed E-state index contributed by atoms with van der Waals surface area (Å²) in [6, 6.07) is 7.65. The van der Waals surface area contributed by atoms with Crippen LogP contribution in [0.25, 0.3) is 11.1 Å². The summed E-state index contributed by atoms with van der Waals surface area (Å²) in [6.07, 6.45) is 0. The van der Waals surface area contributed by atoms with E-state index in [0.29, 0.717) is 22.3 Å². The third-order valence-corrected chi connectivity index (χ3v) is 3.74. The summed E-state index contributed by atoms with van der Waals surface area (Å²) in [4.78, 5) is 11.5. The summed E-state index contributed by atoms with van der Waals surface area (Å²) in [6.45, 7) is 7.35. The van der Waals surface area contributed by atoms with Gasteiger partial charge >= 0.3 is 5.97 Å². The van der Waals surface area contributed by atoms with Gasteiger partial charge in [-0.3, -0.25) is 0 Å². The van der Waals surface area contributed by atoms with Gasteiger partial charge in [-0.15, -0.1) is 0 Å². The SMILES string of the molecule is Cc1c(-c2ccc(F)cc2)cc(C(C)(C)C)c(O)c1C(=O)O. The summed E-state index contributed by atoms with van der Waals surface area (Å²) in [5.41, 5.74) is 1.88. The first-order valence-electron chi connectivity index (χ1n) is 6.99. The van der Waals surface area contributed by atoms with E-state index in [0.717, 1.165) is 0 Å². The zero-order valence-electron chi connectivity index (χ0n) is 13.1. The normalized spacial score (nSPS) is 11.5. The van der Waals surface area contributed by atoms with Gasteiger partial charge in [-0.2, -0.15) is 0 Å². The summed E-state index contributed by atoms with van der Waals surface area (Å²) in [7, 11) is 0. The van der Waals surface area contributed by atoms with E-state index < -0.39 is 11.4 Å². The summed E-state index contributed by atoms with van der Waals surface area (Å²) in [5, 5.41) is 19.8. The van der Waals surface area contributed by atoms with Gasteiger partial charge in [0.2, 0.25) is 0 Å². The van der Waals surface area contributed by atoms with E-state index in [2.05, 4.69) is 0 Å². The molecule has 0 saturated carbocycles. The molecule has 0 spiro atoms. The van der Waals surface area contributed by atoms with Gasteiger partial charge in [0.25, 0.3) is 0 Å². The van der Waals surface area contributed by atoms with Crippen molar-refractivity contribution < 1.29 is 19.4 Å². The van der Waals surface area contributed by atoms with Crippen LogP contribution in [-0.4, -0.2) is 16.2 Å². The monoisotopic (exact) mass is 302 g/mol. The van der Waals surface area contributed by atoms with Crippen LogP contribution in [0, 0.1) is 12.7 Å². The van der Waals surface area contributed by atoms with Crippen molar-refractivity contribution in [2.75, 3.05) is 0 Å². The van der Waals surface area contributed by atoms with E-state index in [9.17, 15) is 19.4 Å². The lowest BCUT2D eigenvalue weighted by molar-refractivity contribution is 0.0692. The molecule has 2 N–H and O–H groups in total. The minimum atomic E-state index is -1.18. The fourth-order valence-electron chi connectivity index (χ4n) is 2.53. The molecule has 22 heavy (non-hydrogen) atoms. The predicted octanol–water partition coefficient (Wildman–Crippen LogP) is 4.50. The number of hydrogen-bond acceptors (Lipinski definition) is 2. The molecule has 0 saturated heterocycles. The number of halogens is 1. The van der Waals surface area contributed by atoms with Gasteiger partial charge in [-0.05, 0) is 47.2 Å². The number of benzene rings is 2. The lowest BCUT2D eigenvalue weighted by Crippen LogP contribution is -2.15. The molecular formula is C18H19FO3. The van der Waals surface area contributed by atoms with Gasteiger partial charge in [0, 0.05) is 5.56 Å². The topological polar surface area (TPSA) is 57.5 Å². The Bertz CT molecular complexity index is 725. The number of hydrogen-bond donors (Lipinski definition) is 2. The zero-order chi connectivity index (χ0) is 16.7. The maximum absolute atomic E-state index is 13.1. The minimum absolute atomic E-state index is 0.105. The van der Waals surface area contributed by atoms with Crippen LogP contribution in [0.2, 0.25) is 0 Å². The highest BCUT2D eigenvalue weighted by Gasteiger charge is 2.26. The molecule has 0 amide bonds. The summed E-state index contributed by atoms with van der Waals surface area (Å²) in [5.74, 6) is -1.73. The zero-order valence-corrected chi connectivity index (χ0v) is 13.1. The molecule has 0 radical (unpaired) electrons. The number of carboxylic acids is 1. The van der Waals surface area contributed by atoms with Crippen LogP contribution in [0.15, 0.2) is 30.3 Å². The predicted molar refractivity (Wildman–Crippen MR) is 83.9 cm³/mol. The molecule has 0 aliphatic carbocycles. The first-order chi connectivity index (χ1) is 10.1. The number of carboxylic acid groups (broad SMARTS) is 1. The molecule has 116 valence electrons. The molecule has 0 atom stereocenters. The number of rotatable bonds is 2. The maximum Gasteiger partial charge on any atom is 0.339 e. The maximum atomic E-state index is 13.1. The molecule has 3 nitrogen and oxygen atoms in total. The summed E-state index contributed by atoms with van der Waals surface area (Å²) >= 11 is 0. The van der Waals surface area contributed by atoms with Crippen molar-refractivity contribution in [3.05, 3.63) is 52.8 Å². The van der Waals surface area contributed by atoms with E-state index in [4.69, 9.17) is 0 Å². The van der Waals surface area contributed by atoms with Crippen LogP contribution in [0.4, 0.5) is 4.39 Å². The van der Waals surface area contributed by atoms with Crippen LogP contribution >= 0.6 is 0 Å². The molecular weight excluding hydrogens is 283 g/mol. The Hall–Kier alpha value is -2.36. The highest BCUT2D eigenvalue weighted by molar-refractivity contribution is 5.96. The molecule has 2 rings (SSSR count). The van der Waals surface area contributed by atoms with Crippen molar-refractivity contribution in [1.82, 2.24) is 0 Å². The van der Waals surface area contributed by atoms with E-state index in [1.807, 2.05) is 20.8 Å². The minimum Gasteiger partial charge on any atom is -0.507 e. The number of carbonyl (C=O) groups is 1. The lowest BCUT2D eigenvalue weighted by Gasteiger charge is -2.24. The van der Waals surface area contributed by atoms with Gasteiger partial charge in [0.15, 0.2) is 0 Å². The first-order valence-corrected chi connectivity index (χ1v) is 6.99. The van der Waals surface area contributed by atoms with E-state index >= 15 is 0 Å². The number of aromatic carboxylic acids is 1. The first kappa shape index (κ1) is 16.0. The molecule has 4 heteroatoms. The Labute approximate surface area is 129 Å². The highest BCUT2D eigenvalue weighted by Crippen LogP contribution is 2.40. The van der Waals surface area contributed by atoms with E-state index in [1.165, 1.54) is 12.1 Å². The van der Waals surface area contributed by atoms with Crippen molar-refractivity contribution in [2.45, 2.75) is 33.1 Å². The van der Waals surface area contributed by atoms with Crippen LogP contribution in [-0.2, 0) is 5.41 Å². The Kier molecular flexibility index (Phi) is 3.96. The Balaban J connectivity index is 2.82. The van der Waals surface area contributed by atoms with Crippen molar-refractivity contribution in [3.8, 4) is 16.9 Å². The van der Waals surface area contributed by atoms with Gasteiger partial charge < -0.3 is 10.2 Å². The molecule has 0 bridgehead atoms. The fourth-order valence-corrected chi connectivity index (χ4v) is 2.53. The van der Waals surface area contributed by atoms with Crippen molar-refractivity contribution in [1.29, 1.82) is 0 Å². The van der Waals surface area contributed by atoms with Crippen molar-refractivity contribution >= 4 is 5.97 Å². The molecule has 0 fully saturated rings. The van der Waals surface area contributed by atoms with Gasteiger partial charge in [-0.1, -0.05) is 32.9 Å². The van der Waals surface area contributed by atoms with E-state index in [1.54, 1.807) is 25.1 Å². The molecule has 2 aromatic rings. The molecule has 2 aromatic carbocycles. The summed E-state index contributed by atoms with van der Waals surface area (Å²) < 4.78 is 13.1. The smallest absolute Gasteiger partial charge is 0.339 e. The van der Waals surface area contributed by atoms with Crippen LogP contribution in [0.3, 0.4) is 0 Å². The van der Waals surface area contributed by atoms with Gasteiger partial charge in [-0.25, -0.2) is 9.18 Å². The second-order valence-corrected chi connectivity index (χ2v) is 6.38. The van der Waals surface area contributed by atoms with Crippen molar-refractivity contribution in [3.63, 3.8) is 0 Å². The highest BCUT2D eigenvalue weighted by atomic mass is 19.1. The standard InChI is InChI=1S/C18H19FO3/c1-10-13(11-5-7-12(19)8-6-11)9-14(18(2,3)4)16(20)15(10)17(21)22/h5-9,20H,1-4H3,(H,21,22). The molecule has 0 aliphatic heterocycles. The average molecular weight is 302 g/mol. The van der Waals surface area contributed by atoms with E-state index in [-0.39, 0.29) is 17.1 Å². The molecule has 0 aliphatic rings. The lowest BCUT2D eigenvalue weighted by atomic mass is 9.81. The molecule has 0 aromatic heterocycles. The van der Waals surface area contributed by atoms with Crippen LogP contribution in [0.1, 0.15) is 42.3 Å². The second-order valence-electron chi connectivity index (χ2n) is 6.38. The Morgan fingerprint density at radius 3 is 2.14 bits per heavy atom. The second kappa shape index (κ2) is 5.44. The Morgan fingerprint density at radius 2 is 1.68 bits per heavy atom. The third-order valence-electron chi connectivity index (χ3n) is 3.74. The fraction of sp³-hybridized carbons (Fsp3) is 0.278. The largest absolute Gasteiger partial charge is 0.507 e. The van der Waals surface area contributed by atoms with Crippen molar-refractivity contribution in [2.24, 2.45) is 0 Å². The van der Waals surface area contributed by atoms with Crippen LogP contribution < -0.4 is 0 Å². The average Bonchev–Trinajstić information content (AvgIpc) is 2.38. The number of phenols is 1. The quantitative estimate of drug-likeness (QED) is 0.858. The third kappa shape index (κ3) is 2.82. The molecule has 0 unspecified atom stereocenters. The molecule has 0 heterocycles. The number of aromatic hydroxyl groups is 1. The van der Waals surface area contributed by atoms with Gasteiger partial charge in [0.05, 0.1) is 0 Å².